The molecule has 0 bridgehead atoms. The van der Waals surface area contributed by atoms with Crippen molar-refractivity contribution >= 4 is 22.6 Å². The van der Waals surface area contributed by atoms with Crippen LogP contribution in [0.25, 0.3) is 10.8 Å². The first kappa shape index (κ1) is 18.8. The molecule has 0 aliphatic carbocycles. The summed E-state index contributed by atoms with van der Waals surface area (Å²) in [6, 6.07) is 17.3. The molecule has 0 saturated carbocycles. The van der Waals surface area contributed by atoms with E-state index in [-0.39, 0.29) is 13.3 Å². The van der Waals surface area contributed by atoms with Crippen LogP contribution in [0.3, 0.4) is 0 Å². The number of hydrogen-bond acceptors (Lipinski definition) is 5. The zero-order valence-electron chi connectivity index (χ0n) is 15.6. The molecule has 3 aromatic carbocycles. The van der Waals surface area contributed by atoms with Crippen molar-refractivity contribution in [3.63, 3.8) is 0 Å². The Labute approximate surface area is 167 Å². The van der Waals surface area contributed by atoms with Gasteiger partial charge in [0.2, 0.25) is 12.7 Å². The van der Waals surface area contributed by atoms with Gasteiger partial charge in [0, 0.05) is 12.1 Å². The summed E-state index contributed by atoms with van der Waals surface area (Å²) in [5.41, 5.74) is 1.24. The van der Waals surface area contributed by atoms with E-state index in [2.05, 4.69) is 10.6 Å². The van der Waals surface area contributed by atoms with Crippen LogP contribution in [0, 0.1) is 0 Å². The summed E-state index contributed by atoms with van der Waals surface area (Å²) >= 11 is 0. The Hall–Kier alpha value is -3.58. The normalized spacial score (nSPS) is 13.1. The molecule has 1 unspecified atom stereocenters. The summed E-state index contributed by atoms with van der Waals surface area (Å²) in [7, 11) is 0. The van der Waals surface area contributed by atoms with Gasteiger partial charge in [-0.1, -0.05) is 36.4 Å². The second-order valence-corrected chi connectivity index (χ2v) is 6.68. The van der Waals surface area contributed by atoms with Crippen LogP contribution in [0.5, 0.6) is 11.5 Å². The van der Waals surface area contributed by atoms with Crippen molar-refractivity contribution in [3.05, 3.63) is 71.8 Å². The lowest BCUT2D eigenvalue weighted by Gasteiger charge is -2.16. The maximum Gasteiger partial charge on any atom is 0.252 e. The number of benzene rings is 3. The maximum absolute atomic E-state index is 12.5. The number of aliphatic hydroxyl groups is 1. The number of carbonyl (C=O) groups excluding carboxylic acids is 2. The fraction of sp³-hybridized carbons (Fsp3) is 0.182. The van der Waals surface area contributed by atoms with E-state index in [1.54, 1.807) is 24.3 Å². The van der Waals surface area contributed by atoms with Crippen molar-refractivity contribution in [2.75, 3.05) is 13.4 Å². The molecule has 0 radical (unpaired) electrons. The Morgan fingerprint density at radius 3 is 2.59 bits per heavy atom. The third-order valence-corrected chi connectivity index (χ3v) is 4.72. The molecule has 0 aromatic heterocycles. The molecule has 0 fully saturated rings. The lowest BCUT2D eigenvalue weighted by Crippen LogP contribution is -2.48. The molecule has 2 amide bonds. The SMILES string of the molecule is O=C(NC(CO)C(=O)NCc1ccc2c(c1)OCO2)c1ccc2ccccc2c1. The van der Waals surface area contributed by atoms with Crippen molar-refractivity contribution in [1.29, 1.82) is 0 Å². The summed E-state index contributed by atoms with van der Waals surface area (Å²) in [5.74, 6) is 0.392. The van der Waals surface area contributed by atoms with Crippen molar-refractivity contribution in [2.45, 2.75) is 12.6 Å². The molecule has 1 aliphatic rings. The second-order valence-electron chi connectivity index (χ2n) is 6.68. The molecule has 7 nitrogen and oxygen atoms in total. The minimum Gasteiger partial charge on any atom is -0.454 e. The fourth-order valence-electron chi connectivity index (χ4n) is 3.13. The monoisotopic (exact) mass is 392 g/mol. The Kier molecular flexibility index (Phi) is 5.31. The van der Waals surface area contributed by atoms with Crippen LogP contribution in [0.15, 0.2) is 60.7 Å². The Morgan fingerprint density at radius 1 is 0.966 bits per heavy atom. The number of ether oxygens (including phenoxy) is 2. The van der Waals surface area contributed by atoms with Gasteiger partial charge >= 0.3 is 0 Å². The van der Waals surface area contributed by atoms with E-state index in [0.717, 1.165) is 16.3 Å². The number of nitrogens with one attached hydrogen (secondary N) is 2. The summed E-state index contributed by atoms with van der Waals surface area (Å²) in [6.45, 7) is -0.0946. The summed E-state index contributed by atoms with van der Waals surface area (Å²) in [4.78, 5) is 25.0. The molecule has 1 heterocycles. The summed E-state index contributed by atoms with van der Waals surface area (Å²) in [6.07, 6.45) is 0. The van der Waals surface area contributed by atoms with Gasteiger partial charge in [0.1, 0.15) is 6.04 Å². The van der Waals surface area contributed by atoms with E-state index in [1.165, 1.54) is 0 Å². The second kappa shape index (κ2) is 8.20. The molecule has 3 aromatic rings. The van der Waals surface area contributed by atoms with Crippen molar-refractivity contribution in [3.8, 4) is 11.5 Å². The zero-order chi connectivity index (χ0) is 20.2. The first-order valence-corrected chi connectivity index (χ1v) is 9.21. The average molecular weight is 392 g/mol. The lowest BCUT2D eigenvalue weighted by molar-refractivity contribution is -0.124. The van der Waals surface area contributed by atoms with E-state index in [4.69, 9.17) is 9.47 Å². The molecule has 3 N–H and O–H groups in total. The smallest absolute Gasteiger partial charge is 0.252 e. The molecule has 148 valence electrons. The van der Waals surface area contributed by atoms with E-state index in [9.17, 15) is 14.7 Å². The van der Waals surface area contributed by atoms with Crippen LogP contribution in [0.2, 0.25) is 0 Å². The number of carbonyl (C=O) groups is 2. The van der Waals surface area contributed by atoms with Gasteiger partial charge in [-0.15, -0.1) is 0 Å². The first-order chi connectivity index (χ1) is 14.1. The Morgan fingerprint density at radius 2 is 1.76 bits per heavy atom. The molecule has 1 aliphatic heterocycles. The number of hydrogen-bond donors (Lipinski definition) is 3. The van der Waals surface area contributed by atoms with Gasteiger partial charge in [-0.3, -0.25) is 9.59 Å². The van der Waals surface area contributed by atoms with Crippen molar-refractivity contribution in [1.82, 2.24) is 10.6 Å². The molecule has 0 spiro atoms. The van der Waals surface area contributed by atoms with Gasteiger partial charge in [-0.2, -0.15) is 0 Å². The van der Waals surface area contributed by atoms with Gasteiger partial charge in [-0.25, -0.2) is 0 Å². The van der Waals surface area contributed by atoms with Crippen molar-refractivity contribution < 1.29 is 24.2 Å². The maximum atomic E-state index is 12.5. The molecule has 0 saturated heterocycles. The van der Waals surface area contributed by atoms with Crippen LogP contribution < -0.4 is 20.1 Å². The highest BCUT2D eigenvalue weighted by molar-refractivity contribution is 6.00. The fourth-order valence-corrected chi connectivity index (χ4v) is 3.13. The standard InChI is InChI=1S/C22H20N2O5/c25-12-18(22(27)23-11-14-5-8-19-20(9-14)29-13-28-19)24-21(26)17-7-6-15-3-1-2-4-16(15)10-17/h1-10,18,25H,11-13H2,(H,23,27)(H,24,26). The number of rotatable bonds is 6. The van der Waals surface area contributed by atoms with Crippen LogP contribution >= 0.6 is 0 Å². The highest BCUT2D eigenvalue weighted by atomic mass is 16.7. The van der Waals surface area contributed by atoms with Crippen molar-refractivity contribution in [2.24, 2.45) is 0 Å². The molecule has 7 heteroatoms. The largest absolute Gasteiger partial charge is 0.454 e. The zero-order valence-corrected chi connectivity index (χ0v) is 15.6. The Balaban J connectivity index is 1.38. The minimum absolute atomic E-state index is 0.179. The van der Waals surface area contributed by atoms with E-state index < -0.39 is 24.5 Å². The predicted octanol–water partition coefficient (Wildman–Crippen LogP) is 1.98. The van der Waals surface area contributed by atoms with Crippen LogP contribution in [-0.2, 0) is 11.3 Å². The van der Waals surface area contributed by atoms with Gasteiger partial charge in [0.25, 0.3) is 5.91 Å². The first-order valence-electron chi connectivity index (χ1n) is 9.21. The van der Waals surface area contributed by atoms with Gasteiger partial charge < -0.3 is 25.2 Å². The number of amides is 2. The molecular formula is C22H20N2O5. The van der Waals surface area contributed by atoms with E-state index >= 15 is 0 Å². The molecule has 29 heavy (non-hydrogen) atoms. The highest BCUT2D eigenvalue weighted by Crippen LogP contribution is 2.32. The van der Waals surface area contributed by atoms with E-state index in [0.29, 0.717) is 17.1 Å². The Bertz CT molecular complexity index is 1070. The molecule has 4 rings (SSSR count). The average Bonchev–Trinajstić information content (AvgIpc) is 3.23. The van der Waals surface area contributed by atoms with Gasteiger partial charge in [0.15, 0.2) is 11.5 Å². The van der Waals surface area contributed by atoms with Crippen LogP contribution in [0.1, 0.15) is 15.9 Å². The minimum atomic E-state index is -1.05. The third kappa shape index (κ3) is 4.14. The predicted molar refractivity (Wildman–Crippen MR) is 107 cm³/mol. The van der Waals surface area contributed by atoms with E-state index in [1.807, 2.05) is 36.4 Å². The summed E-state index contributed by atoms with van der Waals surface area (Å²) < 4.78 is 10.6. The summed E-state index contributed by atoms with van der Waals surface area (Å²) in [5, 5.41) is 16.8. The lowest BCUT2D eigenvalue weighted by atomic mass is 10.1. The third-order valence-electron chi connectivity index (χ3n) is 4.72. The molecular weight excluding hydrogens is 372 g/mol. The van der Waals surface area contributed by atoms with Gasteiger partial charge in [0.05, 0.1) is 6.61 Å². The number of aliphatic hydroxyl groups excluding tert-OH is 1. The number of fused-ring (bicyclic) bond motifs is 2. The van der Waals surface area contributed by atoms with Gasteiger partial charge in [-0.05, 0) is 40.6 Å². The van der Waals surface area contributed by atoms with Crippen LogP contribution in [0.4, 0.5) is 0 Å². The quantitative estimate of drug-likeness (QED) is 0.596. The highest BCUT2D eigenvalue weighted by Gasteiger charge is 2.21. The van der Waals surface area contributed by atoms with Crippen LogP contribution in [-0.4, -0.2) is 36.4 Å². The topological polar surface area (TPSA) is 96.9 Å². The molecule has 1 atom stereocenters.